The van der Waals surface area contributed by atoms with Crippen molar-refractivity contribution in [2.45, 2.75) is 39.2 Å². The Balaban J connectivity index is 2.48. The monoisotopic (exact) mass is 234 g/mol. The van der Waals surface area contributed by atoms with Crippen LogP contribution in [0.25, 0.3) is 0 Å². The second-order valence-corrected chi connectivity index (χ2v) is 4.37. The van der Waals surface area contributed by atoms with Gasteiger partial charge in [0.1, 0.15) is 0 Å². The fourth-order valence-electron chi connectivity index (χ4n) is 1.62. The molecule has 1 rings (SSSR count). The van der Waals surface area contributed by atoms with Crippen molar-refractivity contribution >= 4 is 5.91 Å². The zero-order chi connectivity index (χ0) is 12.7. The van der Waals surface area contributed by atoms with Gasteiger partial charge >= 0.3 is 0 Å². The molecule has 3 N–H and O–H groups in total. The van der Waals surface area contributed by atoms with Crippen LogP contribution in [0.3, 0.4) is 0 Å². The molecule has 94 valence electrons. The maximum atomic E-state index is 11.2. The lowest BCUT2D eigenvalue weighted by molar-refractivity contribution is -0.121. The van der Waals surface area contributed by atoms with E-state index in [1.165, 1.54) is 5.56 Å². The third kappa shape index (κ3) is 4.57. The normalized spacial score (nSPS) is 12.2. The van der Waals surface area contributed by atoms with Gasteiger partial charge in [0.25, 0.3) is 0 Å². The van der Waals surface area contributed by atoms with Gasteiger partial charge in [-0.1, -0.05) is 38.1 Å². The highest BCUT2D eigenvalue weighted by Crippen LogP contribution is 2.18. The van der Waals surface area contributed by atoms with Crippen molar-refractivity contribution in [2.24, 2.45) is 5.73 Å². The number of rotatable bonds is 6. The molecule has 1 aromatic carbocycles. The molecule has 0 aliphatic carbocycles. The van der Waals surface area contributed by atoms with Crippen LogP contribution in [0.4, 0.5) is 0 Å². The van der Waals surface area contributed by atoms with Gasteiger partial charge in [0, 0.05) is 19.5 Å². The molecule has 0 fully saturated rings. The van der Waals surface area contributed by atoms with Crippen LogP contribution >= 0.6 is 0 Å². The Kier molecular flexibility index (Phi) is 5.70. The van der Waals surface area contributed by atoms with Gasteiger partial charge in [-0.2, -0.15) is 0 Å². The number of carbonyl (C=O) groups is 1. The molecule has 0 bridgehead atoms. The van der Waals surface area contributed by atoms with E-state index in [0.717, 1.165) is 12.0 Å². The molecular weight excluding hydrogens is 212 g/mol. The van der Waals surface area contributed by atoms with Crippen LogP contribution in [0.1, 0.15) is 43.7 Å². The van der Waals surface area contributed by atoms with Crippen LogP contribution in [0, 0.1) is 0 Å². The van der Waals surface area contributed by atoms with E-state index in [9.17, 15) is 4.79 Å². The Bertz CT molecular complexity index is 346. The number of benzene rings is 1. The molecule has 0 aliphatic heterocycles. The first-order valence-corrected chi connectivity index (χ1v) is 6.23. The number of nitrogens with one attached hydrogen (secondary N) is 1. The molecule has 0 saturated heterocycles. The molecule has 1 atom stereocenters. The smallest absolute Gasteiger partial charge is 0.221 e. The van der Waals surface area contributed by atoms with Gasteiger partial charge in [0.05, 0.1) is 0 Å². The summed E-state index contributed by atoms with van der Waals surface area (Å²) in [6, 6.07) is 8.42. The van der Waals surface area contributed by atoms with E-state index in [-0.39, 0.29) is 5.91 Å². The SMILES string of the molecule is CCC(C)c1ccc(CNC(=O)CCN)cc1. The maximum Gasteiger partial charge on any atom is 0.221 e. The summed E-state index contributed by atoms with van der Waals surface area (Å²) >= 11 is 0. The minimum Gasteiger partial charge on any atom is -0.352 e. The molecule has 0 spiro atoms. The Morgan fingerprint density at radius 1 is 1.35 bits per heavy atom. The first-order chi connectivity index (χ1) is 8.17. The van der Waals surface area contributed by atoms with Gasteiger partial charge in [-0.15, -0.1) is 0 Å². The van der Waals surface area contributed by atoms with Crippen LogP contribution in [0.15, 0.2) is 24.3 Å². The molecule has 0 aromatic heterocycles. The molecule has 0 saturated carbocycles. The molecule has 0 radical (unpaired) electrons. The van der Waals surface area contributed by atoms with E-state index >= 15 is 0 Å². The minimum absolute atomic E-state index is 0.0125. The predicted molar refractivity (Wildman–Crippen MR) is 70.7 cm³/mol. The fourth-order valence-corrected chi connectivity index (χ4v) is 1.62. The predicted octanol–water partition coefficient (Wildman–Crippen LogP) is 2.17. The van der Waals surface area contributed by atoms with E-state index < -0.39 is 0 Å². The van der Waals surface area contributed by atoms with Crippen LogP contribution in [0.5, 0.6) is 0 Å². The average Bonchev–Trinajstić information content (AvgIpc) is 2.36. The lowest BCUT2D eigenvalue weighted by atomic mass is 9.98. The van der Waals surface area contributed by atoms with Crippen LogP contribution in [0.2, 0.25) is 0 Å². The molecule has 3 nitrogen and oxygen atoms in total. The van der Waals surface area contributed by atoms with Crippen molar-refractivity contribution in [2.75, 3.05) is 6.54 Å². The highest BCUT2D eigenvalue weighted by Gasteiger charge is 2.03. The number of amides is 1. The molecule has 1 amide bonds. The van der Waals surface area contributed by atoms with Gasteiger partial charge in [-0.25, -0.2) is 0 Å². The van der Waals surface area contributed by atoms with Gasteiger partial charge in [0.2, 0.25) is 5.91 Å². The van der Waals surface area contributed by atoms with Crippen LogP contribution in [-0.2, 0) is 11.3 Å². The second-order valence-electron chi connectivity index (χ2n) is 4.37. The van der Waals surface area contributed by atoms with Crippen molar-refractivity contribution in [1.29, 1.82) is 0 Å². The lowest BCUT2D eigenvalue weighted by Gasteiger charge is -2.10. The molecule has 1 aromatic rings. The highest BCUT2D eigenvalue weighted by molar-refractivity contribution is 5.76. The Hall–Kier alpha value is -1.35. The Morgan fingerprint density at radius 2 is 2.00 bits per heavy atom. The van der Waals surface area contributed by atoms with E-state index in [1.807, 2.05) is 0 Å². The third-order valence-electron chi connectivity index (χ3n) is 3.02. The largest absolute Gasteiger partial charge is 0.352 e. The number of carbonyl (C=O) groups excluding carboxylic acids is 1. The van der Waals surface area contributed by atoms with E-state index in [1.54, 1.807) is 0 Å². The zero-order valence-electron chi connectivity index (χ0n) is 10.7. The summed E-state index contributed by atoms with van der Waals surface area (Å²) in [6.07, 6.45) is 1.54. The van der Waals surface area contributed by atoms with Crippen LogP contribution < -0.4 is 11.1 Å². The van der Waals surface area contributed by atoms with Crippen molar-refractivity contribution < 1.29 is 4.79 Å². The van der Waals surface area contributed by atoms with Crippen molar-refractivity contribution in [3.63, 3.8) is 0 Å². The van der Waals surface area contributed by atoms with E-state index in [0.29, 0.717) is 25.4 Å². The van der Waals surface area contributed by atoms with Gasteiger partial charge in [-0.3, -0.25) is 4.79 Å². The molecule has 17 heavy (non-hydrogen) atoms. The number of hydrogen-bond donors (Lipinski definition) is 2. The van der Waals surface area contributed by atoms with Gasteiger partial charge in [0.15, 0.2) is 0 Å². The summed E-state index contributed by atoms with van der Waals surface area (Å²) in [7, 11) is 0. The highest BCUT2D eigenvalue weighted by atomic mass is 16.1. The standard InChI is InChI=1S/C14H22N2O/c1-3-11(2)13-6-4-12(5-7-13)10-16-14(17)8-9-15/h4-7,11H,3,8-10,15H2,1-2H3,(H,16,17). The quantitative estimate of drug-likeness (QED) is 0.792. The summed E-state index contributed by atoms with van der Waals surface area (Å²) in [5.74, 6) is 0.606. The van der Waals surface area contributed by atoms with E-state index in [2.05, 4.69) is 43.4 Å². The third-order valence-corrected chi connectivity index (χ3v) is 3.02. The number of hydrogen-bond acceptors (Lipinski definition) is 2. The lowest BCUT2D eigenvalue weighted by Crippen LogP contribution is -2.24. The van der Waals surface area contributed by atoms with Gasteiger partial charge < -0.3 is 11.1 Å². The summed E-state index contributed by atoms with van der Waals surface area (Å²) in [6.45, 7) is 5.39. The average molecular weight is 234 g/mol. The Labute approximate surface area is 103 Å². The zero-order valence-corrected chi connectivity index (χ0v) is 10.7. The molecule has 0 aliphatic rings. The van der Waals surface area contributed by atoms with Crippen molar-refractivity contribution in [3.8, 4) is 0 Å². The van der Waals surface area contributed by atoms with Crippen molar-refractivity contribution in [3.05, 3.63) is 35.4 Å². The first kappa shape index (κ1) is 13.7. The van der Waals surface area contributed by atoms with E-state index in [4.69, 9.17) is 5.73 Å². The maximum absolute atomic E-state index is 11.2. The summed E-state index contributed by atoms with van der Waals surface area (Å²) < 4.78 is 0. The molecule has 0 heterocycles. The van der Waals surface area contributed by atoms with Crippen LogP contribution in [-0.4, -0.2) is 12.5 Å². The number of nitrogens with two attached hydrogens (primary N) is 1. The molecule has 1 unspecified atom stereocenters. The summed E-state index contributed by atoms with van der Waals surface area (Å²) in [4.78, 5) is 11.2. The fraction of sp³-hybridized carbons (Fsp3) is 0.500. The second kappa shape index (κ2) is 7.07. The molecular formula is C14H22N2O. The molecule has 3 heteroatoms. The topological polar surface area (TPSA) is 55.1 Å². The first-order valence-electron chi connectivity index (χ1n) is 6.23. The van der Waals surface area contributed by atoms with Crippen molar-refractivity contribution in [1.82, 2.24) is 5.32 Å². The minimum atomic E-state index is 0.0125. The summed E-state index contributed by atoms with van der Waals surface area (Å²) in [5, 5.41) is 2.84. The van der Waals surface area contributed by atoms with Gasteiger partial charge in [-0.05, 0) is 23.5 Å². The Morgan fingerprint density at radius 3 is 2.53 bits per heavy atom. The summed E-state index contributed by atoms with van der Waals surface area (Å²) in [5.41, 5.74) is 7.78.